The van der Waals surface area contributed by atoms with E-state index in [-0.39, 0.29) is 11.6 Å². The molecule has 1 heterocycles. The van der Waals surface area contributed by atoms with E-state index in [1.165, 1.54) is 0 Å². The Hall–Kier alpha value is -1.52. The fraction of sp³-hybridized carbons (Fsp3) is 0.636. The predicted octanol–water partition coefficient (Wildman–Crippen LogP) is 0.947. The molecule has 0 aromatic carbocycles. The highest BCUT2D eigenvalue weighted by molar-refractivity contribution is 5.70. The van der Waals surface area contributed by atoms with Crippen LogP contribution in [-0.4, -0.2) is 20.9 Å². The van der Waals surface area contributed by atoms with E-state index >= 15 is 0 Å². The molecule has 2 rings (SSSR count). The highest BCUT2D eigenvalue weighted by Gasteiger charge is 2.29. The minimum Gasteiger partial charge on any atom is -0.481 e. The van der Waals surface area contributed by atoms with Crippen molar-refractivity contribution in [3.63, 3.8) is 0 Å². The maximum atomic E-state index is 11.7. The summed E-state index contributed by atoms with van der Waals surface area (Å²) in [5.41, 5.74) is 1.51. The Kier molecular flexibility index (Phi) is 2.61. The summed E-state index contributed by atoms with van der Waals surface area (Å²) < 4.78 is 1.86. The number of aliphatic carboxylic acids is 1. The fourth-order valence-corrected chi connectivity index (χ4v) is 2.31. The monoisotopic (exact) mass is 224 g/mol. The zero-order valence-corrected chi connectivity index (χ0v) is 9.49. The molecule has 16 heavy (non-hydrogen) atoms. The summed E-state index contributed by atoms with van der Waals surface area (Å²) in [6.45, 7) is 4.00. The molecule has 1 aliphatic carbocycles. The molecule has 0 bridgehead atoms. The van der Waals surface area contributed by atoms with E-state index in [1.54, 1.807) is 0 Å². The Labute approximate surface area is 93.1 Å². The average molecular weight is 224 g/mol. The third kappa shape index (κ3) is 1.66. The zero-order chi connectivity index (χ0) is 11.9. The average Bonchev–Trinajstić information content (AvgIpc) is 2.56. The minimum absolute atomic E-state index is 0.130. The van der Waals surface area contributed by atoms with Gasteiger partial charge < -0.3 is 5.11 Å². The van der Waals surface area contributed by atoms with Gasteiger partial charge in [-0.25, -0.2) is 0 Å². The Balaban J connectivity index is 2.40. The van der Waals surface area contributed by atoms with Gasteiger partial charge in [-0.3, -0.25) is 19.4 Å². The van der Waals surface area contributed by atoms with Gasteiger partial charge in [0, 0.05) is 17.3 Å². The molecule has 0 saturated heterocycles. The Morgan fingerprint density at radius 3 is 2.81 bits per heavy atom. The summed E-state index contributed by atoms with van der Waals surface area (Å²) in [6, 6.07) is 0.206. The molecule has 2 N–H and O–H groups in total. The number of aromatic amines is 1. The van der Waals surface area contributed by atoms with Crippen LogP contribution in [0.3, 0.4) is 0 Å². The standard InChI is InChI=1S/C11H16N2O3/c1-6(2)13-9-4-3-7(11(15)16)5-8(9)10(14)12-13/h6-7H,3-5H2,1-2H3,(H,12,14)(H,15,16). The van der Waals surface area contributed by atoms with Gasteiger partial charge in [-0.05, 0) is 33.1 Å². The van der Waals surface area contributed by atoms with Crippen LogP contribution in [0.4, 0.5) is 0 Å². The molecule has 5 nitrogen and oxygen atoms in total. The van der Waals surface area contributed by atoms with E-state index in [4.69, 9.17) is 5.11 Å². The Morgan fingerprint density at radius 2 is 2.25 bits per heavy atom. The second-order valence-electron chi connectivity index (χ2n) is 4.61. The number of aromatic nitrogens is 2. The largest absolute Gasteiger partial charge is 0.481 e. The summed E-state index contributed by atoms with van der Waals surface area (Å²) in [4.78, 5) is 22.6. The number of nitrogens with zero attached hydrogens (tertiary/aromatic N) is 1. The maximum Gasteiger partial charge on any atom is 0.306 e. The van der Waals surface area contributed by atoms with Gasteiger partial charge in [-0.15, -0.1) is 0 Å². The van der Waals surface area contributed by atoms with Gasteiger partial charge in [0.2, 0.25) is 0 Å². The lowest BCUT2D eigenvalue weighted by molar-refractivity contribution is -0.142. The number of carbonyl (C=O) groups is 1. The first-order chi connectivity index (χ1) is 7.50. The van der Waals surface area contributed by atoms with E-state index in [0.29, 0.717) is 24.8 Å². The fourth-order valence-electron chi connectivity index (χ4n) is 2.31. The summed E-state index contributed by atoms with van der Waals surface area (Å²) in [5.74, 6) is -1.21. The lowest BCUT2D eigenvalue weighted by atomic mass is 9.87. The Morgan fingerprint density at radius 1 is 1.56 bits per heavy atom. The minimum atomic E-state index is -0.803. The first-order valence-corrected chi connectivity index (χ1v) is 5.55. The van der Waals surface area contributed by atoms with Crippen molar-refractivity contribution in [1.82, 2.24) is 9.78 Å². The van der Waals surface area contributed by atoms with Crippen molar-refractivity contribution in [2.45, 2.75) is 39.2 Å². The predicted molar refractivity (Wildman–Crippen MR) is 58.6 cm³/mol. The second kappa shape index (κ2) is 3.81. The van der Waals surface area contributed by atoms with Crippen molar-refractivity contribution >= 4 is 5.97 Å². The molecular formula is C11H16N2O3. The van der Waals surface area contributed by atoms with Gasteiger partial charge in [-0.2, -0.15) is 0 Å². The molecule has 1 aliphatic rings. The summed E-state index contributed by atoms with van der Waals surface area (Å²) in [5, 5.41) is 11.7. The lowest BCUT2D eigenvalue weighted by Gasteiger charge is -2.20. The van der Waals surface area contributed by atoms with Crippen molar-refractivity contribution in [1.29, 1.82) is 0 Å². The van der Waals surface area contributed by atoms with Gasteiger partial charge in [0.05, 0.1) is 5.92 Å². The normalized spacial score (nSPS) is 19.8. The van der Waals surface area contributed by atoms with Gasteiger partial charge >= 0.3 is 5.97 Å². The maximum absolute atomic E-state index is 11.7. The number of rotatable bonds is 2. The zero-order valence-electron chi connectivity index (χ0n) is 9.49. The molecule has 0 fully saturated rings. The van der Waals surface area contributed by atoms with Crippen molar-refractivity contribution < 1.29 is 9.90 Å². The molecule has 0 spiro atoms. The lowest BCUT2D eigenvalue weighted by Crippen LogP contribution is -2.25. The second-order valence-corrected chi connectivity index (χ2v) is 4.61. The quantitative estimate of drug-likeness (QED) is 0.785. The van der Waals surface area contributed by atoms with Crippen molar-refractivity contribution in [3.8, 4) is 0 Å². The van der Waals surface area contributed by atoms with Crippen molar-refractivity contribution in [3.05, 3.63) is 21.6 Å². The number of nitrogens with one attached hydrogen (secondary N) is 1. The van der Waals surface area contributed by atoms with Crippen LogP contribution in [-0.2, 0) is 17.6 Å². The molecule has 1 atom stereocenters. The van der Waals surface area contributed by atoms with E-state index < -0.39 is 11.9 Å². The number of fused-ring (bicyclic) bond motifs is 1. The SMILES string of the molecule is CC(C)n1[nH]c(=O)c2c1CCC(C(=O)O)C2. The van der Waals surface area contributed by atoms with E-state index in [0.717, 1.165) is 5.69 Å². The summed E-state index contributed by atoms with van der Waals surface area (Å²) in [7, 11) is 0. The number of carboxylic acids is 1. The van der Waals surface area contributed by atoms with Crippen LogP contribution in [0.1, 0.15) is 37.6 Å². The molecule has 0 amide bonds. The van der Waals surface area contributed by atoms with E-state index in [2.05, 4.69) is 5.10 Å². The van der Waals surface area contributed by atoms with Crippen LogP contribution in [0.2, 0.25) is 0 Å². The van der Waals surface area contributed by atoms with Crippen LogP contribution in [0.15, 0.2) is 4.79 Å². The van der Waals surface area contributed by atoms with Gasteiger partial charge in [0.1, 0.15) is 0 Å². The van der Waals surface area contributed by atoms with Crippen LogP contribution in [0.5, 0.6) is 0 Å². The molecular weight excluding hydrogens is 208 g/mol. The molecule has 1 unspecified atom stereocenters. The number of carboxylic acid groups (broad SMARTS) is 1. The van der Waals surface area contributed by atoms with Crippen LogP contribution in [0, 0.1) is 5.92 Å². The number of hydrogen-bond acceptors (Lipinski definition) is 2. The molecule has 0 saturated carbocycles. The first kappa shape index (κ1) is 11.0. The number of H-pyrrole nitrogens is 1. The van der Waals surface area contributed by atoms with Crippen LogP contribution < -0.4 is 5.56 Å². The van der Waals surface area contributed by atoms with Gasteiger partial charge in [0.15, 0.2) is 0 Å². The summed E-state index contributed by atoms with van der Waals surface area (Å²) >= 11 is 0. The molecule has 1 aromatic heterocycles. The third-order valence-corrected chi connectivity index (χ3v) is 3.18. The van der Waals surface area contributed by atoms with Gasteiger partial charge in [0.25, 0.3) is 5.56 Å². The van der Waals surface area contributed by atoms with E-state index in [1.807, 2.05) is 18.5 Å². The molecule has 1 aromatic rings. The van der Waals surface area contributed by atoms with Crippen LogP contribution in [0.25, 0.3) is 0 Å². The third-order valence-electron chi connectivity index (χ3n) is 3.18. The molecule has 0 aliphatic heterocycles. The molecule has 88 valence electrons. The highest BCUT2D eigenvalue weighted by atomic mass is 16.4. The highest BCUT2D eigenvalue weighted by Crippen LogP contribution is 2.24. The van der Waals surface area contributed by atoms with Crippen molar-refractivity contribution in [2.24, 2.45) is 5.92 Å². The first-order valence-electron chi connectivity index (χ1n) is 5.55. The molecule has 0 radical (unpaired) electrons. The van der Waals surface area contributed by atoms with E-state index in [9.17, 15) is 9.59 Å². The Bertz CT molecular complexity index is 470. The summed E-state index contributed by atoms with van der Waals surface area (Å²) in [6.07, 6.45) is 1.65. The van der Waals surface area contributed by atoms with Crippen LogP contribution >= 0.6 is 0 Å². The van der Waals surface area contributed by atoms with Crippen molar-refractivity contribution in [2.75, 3.05) is 0 Å². The number of hydrogen-bond donors (Lipinski definition) is 2. The smallest absolute Gasteiger partial charge is 0.306 e. The molecule has 5 heteroatoms. The van der Waals surface area contributed by atoms with Gasteiger partial charge in [-0.1, -0.05) is 0 Å². The topological polar surface area (TPSA) is 75.1 Å².